The summed E-state index contributed by atoms with van der Waals surface area (Å²) in [5, 5.41) is 14.4. The minimum absolute atomic E-state index is 0.139. The largest absolute Gasteiger partial charge is 0.376 e. The fourth-order valence-electron chi connectivity index (χ4n) is 3.44. The fraction of sp³-hybridized carbons (Fsp3) is 0.500. The van der Waals surface area contributed by atoms with Crippen LogP contribution in [0.4, 0.5) is 10.5 Å². The number of ether oxygens (including phenoxy) is 1. The van der Waals surface area contributed by atoms with Crippen LogP contribution in [0.15, 0.2) is 24.3 Å². The highest BCUT2D eigenvalue weighted by atomic mass is 16.5. The SMILES string of the molecule is O=C(NCC1CCCO1)Nc1cccc(-c2nnc3n2CCCC3)c1. The van der Waals surface area contributed by atoms with Gasteiger partial charge in [-0.15, -0.1) is 10.2 Å². The molecule has 7 nitrogen and oxygen atoms in total. The second-order valence-electron chi connectivity index (χ2n) is 6.60. The minimum atomic E-state index is -0.212. The number of nitrogens with zero attached hydrogens (tertiary/aromatic N) is 3. The average Bonchev–Trinajstić information content (AvgIpc) is 3.30. The molecule has 2 aromatic rings. The smallest absolute Gasteiger partial charge is 0.319 e. The third-order valence-electron chi connectivity index (χ3n) is 4.75. The number of hydrogen-bond acceptors (Lipinski definition) is 4. The number of fused-ring (bicyclic) bond motifs is 1. The van der Waals surface area contributed by atoms with Crippen molar-refractivity contribution in [3.05, 3.63) is 30.1 Å². The molecule has 132 valence electrons. The van der Waals surface area contributed by atoms with Crippen LogP contribution in [-0.2, 0) is 17.7 Å². The lowest BCUT2D eigenvalue weighted by Gasteiger charge is -2.15. The highest BCUT2D eigenvalue weighted by Crippen LogP contribution is 2.25. The van der Waals surface area contributed by atoms with Crippen molar-refractivity contribution in [1.29, 1.82) is 0 Å². The van der Waals surface area contributed by atoms with Gasteiger partial charge in [0.2, 0.25) is 0 Å². The van der Waals surface area contributed by atoms with Crippen molar-refractivity contribution >= 4 is 11.7 Å². The maximum absolute atomic E-state index is 12.1. The van der Waals surface area contributed by atoms with E-state index >= 15 is 0 Å². The van der Waals surface area contributed by atoms with Crippen LogP contribution in [0.5, 0.6) is 0 Å². The van der Waals surface area contributed by atoms with Crippen LogP contribution >= 0.6 is 0 Å². The van der Waals surface area contributed by atoms with Gasteiger partial charge in [0, 0.05) is 37.4 Å². The van der Waals surface area contributed by atoms with Gasteiger partial charge in [0.1, 0.15) is 5.82 Å². The number of urea groups is 1. The summed E-state index contributed by atoms with van der Waals surface area (Å²) < 4.78 is 7.69. The van der Waals surface area contributed by atoms with E-state index in [1.807, 2.05) is 24.3 Å². The highest BCUT2D eigenvalue weighted by molar-refractivity contribution is 5.89. The molecule has 2 aliphatic heterocycles. The molecule has 0 spiro atoms. The Balaban J connectivity index is 1.42. The lowest BCUT2D eigenvalue weighted by Crippen LogP contribution is -2.35. The van der Waals surface area contributed by atoms with Crippen molar-refractivity contribution in [2.45, 2.75) is 44.8 Å². The zero-order chi connectivity index (χ0) is 17.1. The molecule has 3 heterocycles. The molecule has 1 unspecified atom stereocenters. The van der Waals surface area contributed by atoms with Gasteiger partial charge in [-0.3, -0.25) is 0 Å². The molecule has 1 aromatic heterocycles. The third-order valence-corrected chi connectivity index (χ3v) is 4.75. The molecule has 1 fully saturated rings. The molecule has 2 N–H and O–H groups in total. The first-order valence-corrected chi connectivity index (χ1v) is 8.98. The number of nitrogens with one attached hydrogen (secondary N) is 2. The van der Waals surface area contributed by atoms with E-state index in [0.29, 0.717) is 6.54 Å². The predicted molar refractivity (Wildman–Crippen MR) is 94.4 cm³/mol. The van der Waals surface area contributed by atoms with Crippen LogP contribution in [0.25, 0.3) is 11.4 Å². The normalized spacial score (nSPS) is 19.4. The number of carbonyl (C=O) groups excluding carboxylic acids is 1. The van der Waals surface area contributed by atoms with Crippen molar-refractivity contribution < 1.29 is 9.53 Å². The van der Waals surface area contributed by atoms with Gasteiger partial charge in [0.25, 0.3) is 0 Å². The maximum Gasteiger partial charge on any atom is 0.319 e. The van der Waals surface area contributed by atoms with Crippen molar-refractivity contribution in [3.63, 3.8) is 0 Å². The van der Waals surface area contributed by atoms with Crippen LogP contribution in [0.1, 0.15) is 31.5 Å². The monoisotopic (exact) mass is 341 g/mol. The molecule has 4 rings (SSSR count). The third kappa shape index (κ3) is 3.66. The second kappa shape index (κ2) is 7.23. The molecule has 1 saturated heterocycles. The first-order valence-electron chi connectivity index (χ1n) is 8.98. The van der Waals surface area contributed by atoms with E-state index in [9.17, 15) is 4.79 Å². The Kier molecular flexibility index (Phi) is 4.65. The Morgan fingerprint density at radius 2 is 2.24 bits per heavy atom. The van der Waals surface area contributed by atoms with Gasteiger partial charge in [-0.1, -0.05) is 12.1 Å². The van der Waals surface area contributed by atoms with Gasteiger partial charge < -0.3 is 19.9 Å². The summed E-state index contributed by atoms with van der Waals surface area (Å²) in [6, 6.07) is 7.53. The van der Waals surface area contributed by atoms with E-state index in [0.717, 1.165) is 61.7 Å². The lowest BCUT2D eigenvalue weighted by molar-refractivity contribution is 0.112. The molecule has 2 aliphatic rings. The summed E-state index contributed by atoms with van der Waals surface area (Å²) in [4.78, 5) is 12.1. The first-order chi connectivity index (χ1) is 12.3. The van der Waals surface area contributed by atoms with E-state index < -0.39 is 0 Å². The lowest BCUT2D eigenvalue weighted by atomic mass is 10.1. The minimum Gasteiger partial charge on any atom is -0.376 e. The Morgan fingerprint density at radius 3 is 3.12 bits per heavy atom. The van der Waals surface area contributed by atoms with Crippen LogP contribution in [0, 0.1) is 0 Å². The molecule has 2 amide bonds. The Labute approximate surface area is 146 Å². The molecular weight excluding hydrogens is 318 g/mol. The fourth-order valence-corrected chi connectivity index (χ4v) is 3.44. The molecule has 7 heteroatoms. The number of amides is 2. The summed E-state index contributed by atoms with van der Waals surface area (Å²) >= 11 is 0. The Morgan fingerprint density at radius 1 is 1.28 bits per heavy atom. The number of hydrogen-bond donors (Lipinski definition) is 2. The van der Waals surface area contributed by atoms with E-state index in [4.69, 9.17) is 4.74 Å². The zero-order valence-corrected chi connectivity index (χ0v) is 14.2. The van der Waals surface area contributed by atoms with E-state index in [1.165, 1.54) is 6.42 Å². The molecule has 0 bridgehead atoms. The van der Waals surface area contributed by atoms with Crippen LogP contribution in [-0.4, -0.2) is 40.1 Å². The maximum atomic E-state index is 12.1. The van der Waals surface area contributed by atoms with Gasteiger partial charge in [-0.2, -0.15) is 0 Å². The number of carbonyl (C=O) groups is 1. The number of aryl methyl sites for hydroxylation is 1. The first kappa shape index (κ1) is 16.1. The Bertz CT molecular complexity index is 752. The number of aromatic nitrogens is 3. The average molecular weight is 341 g/mol. The summed E-state index contributed by atoms with van der Waals surface area (Å²) in [6.07, 6.45) is 5.52. The van der Waals surface area contributed by atoms with Gasteiger partial charge in [-0.05, 0) is 37.8 Å². The van der Waals surface area contributed by atoms with E-state index in [2.05, 4.69) is 25.4 Å². The van der Waals surface area contributed by atoms with E-state index in [-0.39, 0.29) is 12.1 Å². The summed E-state index contributed by atoms with van der Waals surface area (Å²) in [6.45, 7) is 2.29. The summed E-state index contributed by atoms with van der Waals surface area (Å²) in [7, 11) is 0. The summed E-state index contributed by atoms with van der Waals surface area (Å²) in [5.74, 6) is 1.92. The number of benzene rings is 1. The van der Waals surface area contributed by atoms with Crippen LogP contribution in [0.3, 0.4) is 0 Å². The quantitative estimate of drug-likeness (QED) is 0.896. The number of rotatable bonds is 4. The highest BCUT2D eigenvalue weighted by Gasteiger charge is 2.18. The molecular formula is C18H23N5O2. The Hall–Kier alpha value is -2.41. The molecule has 0 radical (unpaired) electrons. The summed E-state index contributed by atoms with van der Waals surface area (Å²) in [5.41, 5.74) is 1.72. The second-order valence-corrected chi connectivity index (χ2v) is 6.60. The molecule has 0 aliphatic carbocycles. The van der Waals surface area contributed by atoms with Crippen molar-refractivity contribution in [2.24, 2.45) is 0 Å². The molecule has 1 aromatic carbocycles. The standard InChI is InChI=1S/C18H23N5O2/c24-18(19-12-15-7-4-10-25-15)20-14-6-3-5-13(11-14)17-22-21-16-8-1-2-9-23(16)17/h3,5-6,11,15H,1-2,4,7-10,12H2,(H2,19,20,24). The van der Waals surface area contributed by atoms with Gasteiger partial charge >= 0.3 is 6.03 Å². The predicted octanol–water partition coefficient (Wildman–Crippen LogP) is 2.58. The zero-order valence-electron chi connectivity index (χ0n) is 14.2. The van der Waals surface area contributed by atoms with Crippen molar-refractivity contribution in [3.8, 4) is 11.4 Å². The van der Waals surface area contributed by atoms with Crippen LogP contribution in [0.2, 0.25) is 0 Å². The van der Waals surface area contributed by atoms with Gasteiger partial charge in [0.05, 0.1) is 6.10 Å². The van der Waals surface area contributed by atoms with Crippen molar-refractivity contribution in [1.82, 2.24) is 20.1 Å². The van der Waals surface area contributed by atoms with Gasteiger partial charge in [0.15, 0.2) is 5.82 Å². The molecule has 0 saturated carbocycles. The van der Waals surface area contributed by atoms with Gasteiger partial charge in [-0.25, -0.2) is 4.79 Å². The molecule has 25 heavy (non-hydrogen) atoms. The van der Waals surface area contributed by atoms with Crippen molar-refractivity contribution in [2.75, 3.05) is 18.5 Å². The molecule has 1 atom stereocenters. The topological polar surface area (TPSA) is 81.1 Å². The van der Waals surface area contributed by atoms with E-state index in [1.54, 1.807) is 0 Å². The number of anilines is 1. The van der Waals surface area contributed by atoms with Crippen LogP contribution < -0.4 is 10.6 Å².